The van der Waals surface area contributed by atoms with Crippen molar-refractivity contribution < 1.29 is 4.79 Å². The van der Waals surface area contributed by atoms with Crippen molar-refractivity contribution in [3.8, 4) is 0 Å². The van der Waals surface area contributed by atoms with E-state index in [0.29, 0.717) is 13.0 Å². The molecule has 1 aromatic carbocycles. The highest BCUT2D eigenvalue weighted by Crippen LogP contribution is 2.38. The Bertz CT molecular complexity index is 481. The third kappa shape index (κ3) is 3.83. The third-order valence-electron chi connectivity index (χ3n) is 4.28. The molecule has 4 heteroatoms. The van der Waals surface area contributed by atoms with E-state index < -0.39 is 0 Å². The first-order valence-electron chi connectivity index (χ1n) is 7.31. The van der Waals surface area contributed by atoms with E-state index in [-0.39, 0.29) is 11.3 Å². The molecule has 0 saturated heterocycles. The van der Waals surface area contributed by atoms with Gasteiger partial charge in [0.05, 0.1) is 5.69 Å². The van der Waals surface area contributed by atoms with Crippen LogP contribution in [0.5, 0.6) is 0 Å². The quantitative estimate of drug-likeness (QED) is 0.871. The molecule has 20 heavy (non-hydrogen) atoms. The number of carbonyl (C=O) groups is 1. The molecule has 0 aromatic heterocycles. The zero-order valence-corrected chi connectivity index (χ0v) is 13.6. The van der Waals surface area contributed by atoms with Crippen LogP contribution in [0.15, 0.2) is 22.7 Å². The summed E-state index contributed by atoms with van der Waals surface area (Å²) < 4.78 is 0.918. The molecule has 1 saturated carbocycles. The molecule has 1 aliphatic carbocycles. The van der Waals surface area contributed by atoms with Crippen LogP contribution < -0.4 is 11.1 Å². The van der Waals surface area contributed by atoms with Gasteiger partial charge in [-0.3, -0.25) is 4.79 Å². The van der Waals surface area contributed by atoms with Crippen LogP contribution in [0.25, 0.3) is 0 Å². The van der Waals surface area contributed by atoms with Crippen molar-refractivity contribution in [3.63, 3.8) is 0 Å². The highest BCUT2D eigenvalue weighted by atomic mass is 79.9. The van der Waals surface area contributed by atoms with Crippen molar-refractivity contribution in [2.45, 2.75) is 45.4 Å². The second-order valence-corrected chi connectivity index (χ2v) is 6.83. The van der Waals surface area contributed by atoms with E-state index >= 15 is 0 Å². The summed E-state index contributed by atoms with van der Waals surface area (Å²) in [5.41, 5.74) is 7.94. The van der Waals surface area contributed by atoms with Gasteiger partial charge in [0.1, 0.15) is 0 Å². The molecule has 3 nitrogen and oxygen atoms in total. The molecule has 0 bridgehead atoms. The molecule has 1 aromatic rings. The van der Waals surface area contributed by atoms with Crippen LogP contribution in [0.2, 0.25) is 0 Å². The molecular formula is C16H23BrN2O. The lowest BCUT2D eigenvalue weighted by Gasteiger charge is -2.35. The van der Waals surface area contributed by atoms with Crippen LogP contribution in [0.4, 0.5) is 5.69 Å². The van der Waals surface area contributed by atoms with Crippen molar-refractivity contribution in [1.82, 2.24) is 0 Å². The SMILES string of the molecule is Cc1ccc(Br)c(NC(=O)CC2(CN)CCCCC2)c1. The maximum absolute atomic E-state index is 12.3. The average molecular weight is 339 g/mol. The summed E-state index contributed by atoms with van der Waals surface area (Å²) in [5.74, 6) is 0.0728. The first-order valence-corrected chi connectivity index (χ1v) is 8.10. The maximum atomic E-state index is 12.3. The van der Waals surface area contributed by atoms with Crippen LogP contribution in [0.3, 0.4) is 0 Å². The number of anilines is 1. The third-order valence-corrected chi connectivity index (χ3v) is 4.97. The van der Waals surface area contributed by atoms with Crippen LogP contribution >= 0.6 is 15.9 Å². The molecule has 1 aliphatic rings. The Hall–Kier alpha value is -0.870. The first kappa shape index (κ1) is 15.5. The zero-order valence-electron chi connectivity index (χ0n) is 12.0. The number of nitrogens with one attached hydrogen (secondary N) is 1. The van der Waals surface area contributed by atoms with Gasteiger partial charge in [0.2, 0.25) is 5.91 Å². The number of rotatable bonds is 4. The average Bonchev–Trinajstić information content (AvgIpc) is 2.44. The van der Waals surface area contributed by atoms with E-state index in [1.165, 1.54) is 19.3 Å². The second kappa shape index (κ2) is 6.72. The summed E-state index contributed by atoms with van der Waals surface area (Å²) in [6, 6.07) is 5.96. The number of halogens is 1. The Labute approximate surface area is 129 Å². The van der Waals surface area contributed by atoms with Crippen molar-refractivity contribution in [1.29, 1.82) is 0 Å². The molecule has 0 heterocycles. The minimum atomic E-state index is 0.0125. The highest BCUT2D eigenvalue weighted by Gasteiger charge is 2.33. The fraction of sp³-hybridized carbons (Fsp3) is 0.562. The molecule has 0 radical (unpaired) electrons. The number of aryl methyl sites for hydroxylation is 1. The largest absolute Gasteiger partial charge is 0.330 e. The van der Waals surface area contributed by atoms with Gasteiger partial charge >= 0.3 is 0 Å². The van der Waals surface area contributed by atoms with Gasteiger partial charge < -0.3 is 11.1 Å². The molecule has 1 fully saturated rings. The van der Waals surface area contributed by atoms with Gasteiger partial charge in [-0.2, -0.15) is 0 Å². The summed E-state index contributed by atoms with van der Waals surface area (Å²) in [4.78, 5) is 12.3. The van der Waals surface area contributed by atoms with Crippen LogP contribution in [0.1, 0.15) is 44.1 Å². The van der Waals surface area contributed by atoms with Gasteiger partial charge in [0.25, 0.3) is 0 Å². The summed E-state index contributed by atoms with van der Waals surface area (Å²) in [7, 11) is 0. The van der Waals surface area contributed by atoms with E-state index in [1.54, 1.807) is 0 Å². The Morgan fingerprint density at radius 2 is 2.05 bits per heavy atom. The van der Waals surface area contributed by atoms with E-state index in [1.807, 2.05) is 25.1 Å². The lowest BCUT2D eigenvalue weighted by molar-refractivity contribution is -0.118. The predicted molar refractivity (Wildman–Crippen MR) is 86.7 cm³/mol. The summed E-state index contributed by atoms with van der Waals surface area (Å²) in [5, 5.41) is 3.02. The van der Waals surface area contributed by atoms with Crippen LogP contribution in [-0.2, 0) is 4.79 Å². The molecule has 0 aliphatic heterocycles. The number of hydrogen-bond donors (Lipinski definition) is 2. The van der Waals surface area contributed by atoms with E-state index in [9.17, 15) is 4.79 Å². The Morgan fingerprint density at radius 1 is 1.35 bits per heavy atom. The van der Waals surface area contributed by atoms with Gasteiger partial charge in [-0.15, -0.1) is 0 Å². The number of benzene rings is 1. The molecular weight excluding hydrogens is 316 g/mol. The van der Waals surface area contributed by atoms with E-state index in [4.69, 9.17) is 5.73 Å². The molecule has 0 atom stereocenters. The number of nitrogens with two attached hydrogens (primary N) is 1. The molecule has 0 unspecified atom stereocenters. The van der Waals surface area contributed by atoms with Crippen molar-refractivity contribution in [2.75, 3.05) is 11.9 Å². The topological polar surface area (TPSA) is 55.1 Å². The molecule has 0 spiro atoms. The summed E-state index contributed by atoms with van der Waals surface area (Å²) in [6.45, 7) is 2.63. The van der Waals surface area contributed by atoms with Gasteiger partial charge in [-0.25, -0.2) is 0 Å². The normalized spacial score (nSPS) is 17.8. The fourth-order valence-corrected chi connectivity index (χ4v) is 3.37. The number of amides is 1. The van der Waals surface area contributed by atoms with E-state index in [0.717, 1.165) is 28.6 Å². The van der Waals surface area contributed by atoms with E-state index in [2.05, 4.69) is 21.2 Å². The molecule has 110 valence electrons. The summed E-state index contributed by atoms with van der Waals surface area (Å²) >= 11 is 3.48. The van der Waals surface area contributed by atoms with Gasteiger partial charge in [0, 0.05) is 10.9 Å². The minimum absolute atomic E-state index is 0.0125. The Morgan fingerprint density at radius 3 is 2.70 bits per heavy atom. The molecule has 3 N–H and O–H groups in total. The monoisotopic (exact) mass is 338 g/mol. The lowest BCUT2D eigenvalue weighted by atomic mass is 9.71. The van der Waals surface area contributed by atoms with Gasteiger partial charge in [-0.05, 0) is 65.4 Å². The van der Waals surface area contributed by atoms with Crippen LogP contribution in [0, 0.1) is 12.3 Å². The Kier molecular flexibility index (Phi) is 5.22. The zero-order chi connectivity index (χ0) is 14.6. The maximum Gasteiger partial charge on any atom is 0.225 e. The van der Waals surface area contributed by atoms with Crippen molar-refractivity contribution >= 4 is 27.5 Å². The van der Waals surface area contributed by atoms with Crippen molar-refractivity contribution in [3.05, 3.63) is 28.2 Å². The fourth-order valence-electron chi connectivity index (χ4n) is 3.02. The first-order chi connectivity index (χ1) is 9.54. The van der Waals surface area contributed by atoms with Crippen LogP contribution in [-0.4, -0.2) is 12.5 Å². The lowest BCUT2D eigenvalue weighted by Crippen LogP contribution is -2.36. The predicted octanol–water partition coefficient (Wildman–Crippen LogP) is 4.00. The van der Waals surface area contributed by atoms with Gasteiger partial charge in [-0.1, -0.05) is 25.3 Å². The second-order valence-electron chi connectivity index (χ2n) is 5.97. The Balaban J connectivity index is 2.02. The number of hydrogen-bond acceptors (Lipinski definition) is 2. The smallest absolute Gasteiger partial charge is 0.225 e. The van der Waals surface area contributed by atoms with Crippen molar-refractivity contribution in [2.24, 2.45) is 11.1 Å². The highest BCUT2D eigenvalue weighted by molar-refractivity contribution is 9.10. The number of carbonyl (C=O) groups excluding carboxylic acids is 1. The summed E-state index contributed by atoms with van der Waals surface area (Å²) in [6.07, 6.45) is 6.34. The molecule has 2 rings (SSSR count). The standard InChI is InChI=1S/C16H23BrN2O/c1-12-5-6-13(17)14(9-12)19-15(20)10-16(11-18)7-3-2-4-8-16/h5-6,9H,2-4,7-8,10-11,18H2,1H3,(H,19,20). The van der Waals surface area contributed by atoms with Gasteiger partial charge in [0.15, 0.2) is 0 Å². The minimum Gasteiger partial charge on any atom is -0.330 e. The molecule has 1 amide bonds.